The fraction of sp³-hybridized carbons (Fsp3) is 0.462. The number of hydrogen-bond acceptors (Lipinski definition) is 9. The largest absolute Gasteiger partial charge is 0.508 e. The molecule has 3 unspecified atom stereocenters. The third kappa shape index (κ3) is 7.63. The van der Waals surface area contributed by atoms with Crippen LogP contribution in [0.2, 0.25) is 0 Å². The first-order valence-electron chi connectivity index (χ1n) is 12.6. The molecule has 2 aliphatic heterocycles. The summed E-state index contributed by atoms with van der Waals surface area (Å²) in [5.41, 5.74) is 3.42. The van der Waals surface area contributed by atoms with Crippen molar-refractivity contribution in [2.24, 2.45) is 5.92 Å². The number of phenolic OH excluding ortho intramolecular Hbond substituents is 1. The predicted molar refractivity (Wildman–Crippen MR) is 136 cm³/mol. The molecule has 1 saturated heterocycles. The number of esters is 1. The molecule has 0 saturated carbocycles. The van der Waals surface area contributed by atoms with Crippen molar-refractivity contribution in [2.75, 3.05) is 20.2 Å². The Labute approximate surface area is 225 Å². The molecule has 3 rings (SSSR count). The molecule has 210 valence electrons. The van der Waals surface area contributed by atoms with Crippen molar-refractivity contribution in [3.63, 3.8) is 0 Å². The van der Waals surface area contributed by atoms with Gasteiger partial charge in [-0.1, -0.05) is 26.0 Å². The molecule has 13 nitrogen and oxygen atoms in total. The fourth-order valence-corrected chi connectivity index (χ4v) is 4.31. The van der Waals surface area contributed by atoms with E-state index >= 15 is 0 Å². The van der Waals surface area contributed by atoms with E-state index in [-0.39, 0.29) is 18.7 Å². The number of nitrogens with zero attached hydrogens (tertiary/aromatic N) is 2. The van der Waals surface area contributed by atoms with Gasteiger partial charge >= 0.3 is 5.97 Å². The molecule has 2 heterocycles. The molecule has 0 aliphatic carbocycles. The van der Waals surface area contributed by atoms with Gasteiger partial charge in [0.05, 0.1) is 7.11 Å². The highest BCUT2D eigenvalue weighted by atomic mass is 16.5. The Hall–Kier alpha value is -4.26. The summed E-state index contributed by atoms with van der Waals surface area (Å²) in [6.07, 6.45) is 3.12. The monoisotopic (exact) mass is 543 g/mol. The first kappa shape index (κ1) is 29.3. The van der Waals surface area contributed by atoms with E-state index in [1.165, 1.54) is 24.3 Å². The second kappa shape index (κ2) is 13.0. The number of carbonyl (C=O) groups is 6. The first-order valence-corrected chi connectivity index (χ1v) is 12.6. The zero-order chi connectivity index (χ0) is 28.7. The van der Waals surface area contributed by atoms with Crippen LogP contribution < -0.4 is 16.1 Å². The highest BCUT2D eigenvalue weighted by Crippen LogP contribution is 2.16. The topological polar surface area (TPSA) is 174 Å². The fourth-order valence-electron chi connectivity index (χ4n) is 4.31. The maximum Gasteiger partial charge on any atom is 0.324 e. The highest BCUT2D eigenvalue weighted by Gasteiger charge is 2.35. The molecule has 13 heteroatoms. The van der Waals surface area contributed by atoms with Crippen molar-refractivity contribution < 1.29 is 38.6 Å². The van der Waals surface area contributed by atoms with Gasteiger partial charge in [-0.2, -0.15) is 0 Å². The van der Waals surface area contributed by atoms with Crippen LogP contribution in [0.3, 0.4) is 0 Å². The maximum atomic E-state index is 13.6. The Balaban J connectivity index is 1.76. The zero-order valence-electron chi connectivity index (χ0n) is 22.0. The smallest absolute Gasteiger partial charge is 0.324 e. The molecule has 1 aromatic rings. The van der Waals surface area contributed by atoms with Crippen molar-refractivity contribution in [2.45, 2.75) is 51.2 Å². The van der Waals surface area contributed by atoms with Crippen LogP contribution in [-0.2, 0) is 39.9 Å². The van der Waals surface area contributed by atoms with Crippen LogP contribution in [0.15, 0.2) is 36.4 Å². The number of ether oxygens (including phenoxy) is 1. The minimum absolute atomic E-state index is 0.0142. The molecule has 3 atom stereocenters. The molecule has 1 fully saturated rings. The molecular weight excluding hydrogens is 510 g/mol. The van der Waals surface area contributed by atoms with Gasteiger partial charge in [0.1, 0.15) is 30.4 Å². The van der Waals surface area contributed by atoms with Crippen LogP contribution in [0.4, 0.5) is 0 Å². The Morgan fingerprint density at radius 3 is 2.44 bits per heavy atom. The third-order valence-corrected chi connectivity index (χ3v) is 6.37. The summed E-state index contributed by atoms with van der Waals surface area (Å²) in [5.74, 6) is -4.10. The summed E-state index contributed by atoms with van der Waals surface area (Å²) in [6, 6.07) is 3.30. The average molecular weight is 544 g/mol. The number of methoxy groups -OCH3 is 1. The highest BCUT2D eigenvalue weighted by molar-refractivity contribution is 6.14. The summed E-state index contributed by atoms with van der Waals surface area (Å²) < 4.78 is 4.78. The molecule has 0 radical (unpaired) electrons. The van der Waals surface area contributed by atoms with Crippen molar-refractivity contribution in [1.29, 1.82) is 0 Å². The van der Waals surface area contributed by atoms with Crippen LogP contribution in [-0.4, -0.2) is 88.8 Å². The van der Waals surface area contributed by atoms with Gasteiger partial charge < -0.3 is 20.5 Å². The van der Waals surface area contributed by atoms with Crippen LogP contribution in [0, 0.1) is 5.92 Å². The summed E-state index contributed by atoms with van der Waals surface area (Å²) in [7, 11) is 1.25. The number of hydrogen-bond donors (Lipinski definition) is 4. The van der Waals surface area contributed by atoms with Crippen molar-refractivity contribution in [3.05, 3.63) is 42.0 Å². The van der Waals surface area contributed by atoms with Crippen molar-refractivity contribution in [1.82, 2.24) is 26.0 Å². The van der Waals surface area contributed by atoms with Gasteiger partial charge in [-0.3, -0.25) is 38.7 Å². The number of phenols is 1. The number of rotatable bonds is 10. The lowest BCUT2D eigenvalue weighted by molar-refractivity contribution is -0.151. The Bertz CT molecular complexity index is 1150. The quantitative estimate of drug-likeness (QED) is 0.217. The number of carbonyl (C=O) groups excluding carboxylic acids is 6. The van der Waals surface area contributed by atoms with Crippen molar-refractivity contribution >= 4 is 35.5 Å². The van der Waals surface area contributed by atoms with Crippen LogP contribution in [0.1, 0.15) is 32.3 Å². The predicted octanol–water partition coefficient (Wildman–Crippen LogP) is -0.846. The van der Waals surface area contributed by atoms with Gasteiger partial charge in [0.15, 0.2) is 0 Å². The SMILES string of the molecule is COC(=O)C1CCCN(C(=O)C(Cc2cccc(O)c2)NC(=O)C(NC(=O)CN2C(=O)C=CC2=O)C(C)C)N1. The number of imide groups is 1. The summed E-state index contributed by atoms with van der Waals surface area (Å²) in [5, 5.41) is 16.4. The lowest BCUT2D eigenvalue weighted by atomic mass is 10.00. The second-order valence-electron chi connectivity index (χ2n) is 9.66. The normalized spacial score (nSPS) is 18.6. The molecule has 39 heavy (non-hydrogen) atoms. The lowest BCUT2D eigenvalue weighted by Crippen LogP contribution is -2.62. The summed E-state index contributed by atoms with van der Waals surface area (Å²) in [4.78, 5) is 75.9. The standard InChI is InChI=1S/C26H33N5O8/c1-15(2)23(28-20(33)14-30-21(34)9-10-22(30)35)24(36)27-19(13-16-6-4-7-17(32)12-16)25(37)31-11-5-8-18(29-31)26(38)39-3/h4,6-7,9-10,12,15,18-19,23,29,32H,5,8,11,13-14H2,1-3H3,(H,27,36)(H,28,33). The summed E-state index contributed by atoms with van der Waals surface area (Å²) >= 11 is 0. The molecule has 2 aliphatic rings. The van der Waals surface area contributed by atoms with Gasteiger partial charge in [0, 0.05) is 25.1 Å². The van der Waals surface area contributed by atoms with Gasteiger partial charge in [0.2, 0.25) is 11.8 Å². The minimum Gasteiger partial charge on any atom is -0.508 e. The van der Waals surface area contributed by atoms with Gasteiger partial charge in [-0.05, 0) is 36.5 Å². The molecule has 0 bridgehead atoms. The minimum atomic E-state index is -1.12. The van der Waals surface area contributed by atoms with E-state index in [4.69, 9.17) is 4.74 Å². The Morgan fingerprint density at radius 1 is 1.13 bits per heavy atom. The van der Waals surface area contributed by atoms with Crippen molar-refractivity contribution in [3.8, 4) is 5.75 Å². The number of hydrazine groups is 1. The van der Waals surface area contributed by atoms with E-state index in [1.807, 2.05) is 0 Å². The number of benzene rings is 1. The van der Waals surface area contributed by atoms with E-state index < -0.39 is 66.1 Å². The van der Waals surface area contributed by atoms with Gasteiger partial charge in [-0.15, -0.1) is 0 Å². The summed E-state index contributed by atoms with van der Waals surface area (Å²) in [6.45, 7) is 3.11. The van der Waals surface area contributed by atoms with E-state index in [0.717, 1.165) is 17.1 Å². The molecular formula is C26H33N5O8. The van der Waals surface area contributed by atoms with Crippen LogP contribution >= 0.6 is 0 Å². The van der Waals surface area contributed by atoms with E-state index in [1.54, 1.807) is 26.0 Å². The first-order chi connectivity index (χ1) is 18.5. The number of amides is 5. The third-order valence-electron chi connectivity index (χ3n) is 6.37. The van der Waals surface area contributed by atoms with E-state index in [0.29, 0.717) is 18.4 Å². The number of aromatic hydroxyl groups is 1. The second-order valence-corrected chi connectivity index (χ2v) is 9.66. The molecule has 0 aromatic heterocycles. The maximum absolute atomic E-state index is 13.6. The molecule has 4 N–H and O–H groups in total. The molecule has 1 aromatic carbocycles. The Morgan fingerprint density at radius 2 is 1.82 bits per heavy atom. The van der Waals surface area contributed by atoms with Gasteiger partial charge in [0.25, 0.3) is 17.7 Å². The zero-order valence-corrected chi connectivity index (χ0v) is 22.0. The lowest BCUT2D eigenvalue weighted by Gasteiger charge is -2.35. The Kier molecular flexibility index (Phi) is 9.77. The van der Waals surface area contributed by atoms with E-state index in [2.05, 4.69) is 16.1 Å². The van der Waals surface area contributed by atoms with Crippen LogP contribution in [0.25, 0.3) is 0 Å². The van der Waals surface area contributed by atoms with Gasteiger partial charge in [-0.25, -0.2) is 5.43 Å². The number of nitrogens with one attached hydrogen (secondary N) is 3. The van der Waals surface area contributed by atoms with Crippen LogP contribution in [0.5, 0.6) is 5.75 Å². The van der Waals surface area contributed by atoms with E-state index in [9.17, 15) is 33.9 Å². The molecule has 0 spiro atoms. The molecule has 5 amide bonds. The average Bonchev–Trinajstić information content (AvgIpc) is 3.22.